The zero-order valence-electron chi connectivity index (χ0n) is 19.4. The number of phenols is 1. The van der Waals surface area contributed by atoms with Crippen LogP contribution in [0.15, 0.2) is 24.3 Å². The minimum atomic E-state index is -0.463. The van der Waals surface area contributed by atoms with Crippen LogP contribution in [0.5, 0.6) is 11.5 Å². The van der Waals surface area contributed by atoms with Crippen LogP contribution in [0.2, 0.25) is 0 Å². The number of carbonyl (C=O) groups is 2. The van der Waals surface area contributed by atoms with Gasteiger partial charge in [-0.15, -0.1) is 0 Å². The molecule has 1 aromatic carbocycles. The van der Waals surface area contributed by atoms with Crippen molar-refractivity contribution in [1.29, 1.82) is 0 Å². The summed E-state index contributed by atoms with van der Waals surface area (Å²) in [5.74, 6) is 0.617. The first-order valence-corrected chi connectivity index (χ1v) is 12.1. The van der Waals surface area contributed by atoms with Crippen LogP contribution in [0.25, 0.3) is 0 Å². The van der Waals surface area contributed by atoms with Crippen molar-refractivity contribution in [2.75, 3.05) is 20.7 Å². The molecular formula is C26H33NO6. The number of benzene rings is 1. The molecule has 2 unspecified atom stereocenters. The first-order valence-electron chi connectivity index (χ1n) is 12.1. The number of phenolic OH excluding ortho intramolecular Hbond substituents is 1. The molecule has 5 atom stereocenters. The molecule has 0 radical (unpaired) electrons. The van der Waals surface area contributed by atoms with Crippen molar-refractivity contribution in [1.82, 2.24) is 4.90 Å². The molecule has 0 aromatic heterocycles. The monoisotopic (exact) mass is 455 g/mol. The second kappa shape index (κ2) is 8.67. The van der Waals surface area contributed by atoms with E-state index in [9.17, 15) is 14.7 Å². The maximum atomic E-state index is 12.7. The highest BCUT2D eigenvalue weighted by Crippen LogP contribution is 2.62. The van der Waals surface area contributed by atoms with E-state index in [4.69, 9.17) is 9.47 Å². The van der Waals surface area contributed by atoms with Crippen LogP contribution in [0.1, 0.15) is 56.1 Å². The average Bonchev–Trinajstić information content (AvgIpc) is 3.16. The lowest BCUT2D eigenvalue weighted by Crippen LogP contribution is -2.65. The first kappa shape index (κ1) is 22.3. The van der Waals surface area contributed by atoms with Crippen molar-refractivity contribution in [3.63, 3.8) is 0 Å². The number of piperidine rings is 1. The van der Waals surface area contributed by atoms with E-state index in [1.807, 2.05) is 12.1 Å². The molecule has 7 nitrogen and oxygen atoms in total. The van der Waals surface area contributed by atoms with Crippen LogP contribution < -0.4 is 4.74 Å². The van der Waals surface area contributed by atoms with Gasteiger partial charge in [0.25, 0.3) is 0 Å². The van der Waals surface area contributed by atoms with Gasteiger partial charge in [-0.25, -0.2) is 0 Å². The third-order valence-corrected chi connectivity index (χ3v) is 8.14. The number of likely N-dealkylation sites (tertiary alicyclic amines) is 1. The molecular weight excluding hydrogens is 422 g/mol. The van der Waals surface area contributed by atoms with E-state index in [0.717, 1.165) is 50.6 Å². The molecule has 0 amide bonds. The second-order valence-electron chi connectivity index (χ2n) is 9.88. The van der Waals surface area contributed by atoms with Crippen molar-refractivity contribution in [2.45, 2.75) is 75.0 Å². The van der Waals surface area contributed by atoms with Crippen LogP contribution in [0, 0.1) is 5.92 Å². The van der Waals surface area contributed by atoms with E-state index in [0.29, 0.717) is 24.6 Å². The van der Waals surface area contributed by atoms with Crippen LogP contribution in [-0.2, 0) is 30.9 Å². The van der Waals surface area contributed by atoms with Gasteiger partial charge in [-0.2, -0.15) is 0 Å². The highest BCUT2D eigenvalue weighted by molar-refractivity contribution is 5.70. The zero-order valence-corrected chi connectivity index (χ0v) is 19.4. The van der Waals surface area contributed by atoms with Crippen LogP contribution >= 0.6 is 0 Å². The van der Waals surface area contributed by atoms with Crippen LogP contribution in [-0.4, -0.2) is 60.9 Å². The Balaban J connectivity index is 1.27. The molecule has 2 aliphatic heterocycles. The normalized spacial score (nSPS) is 31.0. The average molecular weight is 456 g/mol. The van der Waals surface area contributed by atoms with Gasteiger partial charge < -0.3 is 24.2 Å². The fourth-order valence-electron chi connectivity index (χ4n) is 6.53. The SMILES string of the molecule is COC(=O)CCCCCCC(=O)OC1C=C[C@H]2[C@H]3Cc4ccc(O)c5c4[C@@]2(CCN3C)C1O5. The zero-order chi connectivity index (χ0) is 23.2. The van der Waals surface area contributed by atoms with Gasteiger partial charge in [0.1, 0.15) is 6.10 Å². The third-order valence-electron chi connectivity index (χ3n) is 8.14. The lowest BCUT2D eigenvalue weighted by Gasteiger charge is -2.56. The van der Waals surface area contributed by atoms with Crippen molar-refractivity contribution < 1.29 is 28.9 Å². The fraction of sp³-hybridized carbons (Fsp3) is 0.615. The summed E-state index contributed by atoms with van der Waals surface area (Å²) in [5, 5.41) is 10.6. The number of carbonyl (C=O) groups excluding carboxylic acids is 2. The Kier molecular flexibility index (Phi) is 5.85. The fourth-order valence-corrected chi connectivity index (χ4v) is 6.53. The molecule has 1 spiro atoms. The Hall–Kier alpha value is -2.54. The number of aromatic hydroxyl groups is 1. The molecule has 2 heterocycles. The van der Waals surface area contributed by atoms with E-state index in [-0.39, 0.29) is 35.1 Å². The Morgan fingerprint density at radius 1 is 1.15 bits per heavy atom. The van der Waals surface area contributed by atoms with Gasteiger partial charge in [0.05, 0.1) is 7.11 Å². The van der Waals surface area contributed by atoms with Crippen LogP contribution in [0.3, 0.4) is 0 Å². The Morgan fingerprint density at radius 3 is 2.67 bits per heavy atom. The molecule has 7 heteroatoms. The van der Waals surface area contributed by atoms with Gasteiger partial charge in [0.15, 0.2) is 17.6 Å². The van der Waals surface area contributed by atoms with Crippen molar-refractivity contribution in [3.8, 4) is 11.5 Å². The number of hydrogen-bond acceptors (Lipinski definition) is 7. The summed E-state index contributed by atoms with van der Waals surface area (Å²) in [6.45, 7) is 0.954. The minimum absolute atomic E-state index is 0.172. The highest BCUT2D eigenvalue weighted by atomic mass is 16.6. The Morgan fingerprint density at radius 2 is 1.91 bits per heavy atom. The lowest BCUT2D eigenvalue weighted by molar-refractivity contribution is -0.155. The molecule has 1 N–H and O–H groups in total. The summed E-state index contributed by atoms with van der Waals surface area (Å²) in [4.78, 5) is 26.3. The summed E-state index contributed by atoms with van der Waals surface area (Å²) >= 11 is 0. The number of likely N-dealkylation sites (N-methyl/N-ethyl adjacent to an activating group) is 1. The topological polar surface area (TPSA) is 85.3 Å². The molecule has 1 aromatic rings. The maximum absolute atomic E-state index is 12.7. The van der Waals surface area contributed by atoms with Gasteiger partial charge in [-0.05, 0) is 57.0 Å². The molecule has 2 aliphatic carbocycles. The summed E-state index contributed by atoms with van der Waals surface area (Å²) in [6, 6.07) is 4.14. The smallest absolute Gasteiger partial charge is 0.306 e. The van der Waals surface area contributed by atoms with Crippen molar-refractivity contribution in [3.05, 3.63) is 35.4 Å². The minimum Gasteiger partial charge on any atom is -0.504 e. The number of esters is 2. The Bertz CT molecular complexity index is 974. The number of nitrogens with zero attached hydrogens (tertiary/aromatic N) is 1. The van der Waals surface area contributed by atoms with Crippen molar-refractivity contribution >= 4 is 11.9 Å². The third kappa shape index (κ3) is 3.61. The summed E-state index contributed by atoms with van der Waals surface area (Å²) in [6.07, 6.45) is 9.33. The van der Waals surface area contributed by atoms with E-state index in [1.54, 1.807) is 6.07 Å². The molecule has 1 fully saturated rings. The van der Waals surface area contributed by atoms with Crippen molar-refractivity contribution in [2.24, 2.45) is 5.92 Å². The Labute approximate surface area is 194 Å². The lowest BCUT2D eigenvalue weighted by atomic mass is 9.53. The van der Waals surface area contributed by atoms with Crippen LogP contribution in [0.4, 0.5) is 0 Å². The standard InChI is InChI=1S/C26H33NO6/c1-27-14-13-26-17-10-12-20(32-22(30)8-6-4-3-5-7-21(29)31-2)25(26)33-24-19(28)11-9-16(23(24)26)15-18(17)27/h9-12,17-18,20,25,28H,3-8,13-15H2,1-2H3/t17-,18+,20?,25?,26-/m0/s1. The largest absolute Gasteiger partial charge is 0.504 e. The van der Waals surface area contributed by atoms with E-state index in [1.165, 1.54) is 12.7 Å². The first-order chi connectivity index (χ1) is 16.0. The number of ether oxygens (including phenoxy) is 3. The van der Waals surface area contributed by atoms with Gasteiger partial charge >= 0.3 is 11.9 Å². The highest BCUT2D eigenvalue weighted by Gasteiger charge is 2.65. The molecule has 1 saturated heterocycles. The maximum Gasteiger partial charge on any atom is 0.306 e. The number of rotatable bonds is 8. The quantitative estimate of drug-likeness (QED) is 0.366. The van der Waals surface area contributed by atoms with Gasteiger partial charge in [0, 0.05) is 35.8 Å². The van der Waals surface area contributed by atoms with Gasteiger partial charge in [0.2, 0.25) is 0 Å². The number of unbranched alkanes of at least 4 members (excludes halogenated alkanes) is 3. The molecule has 33 heavy (non-hydrogen) atoms. The molecule has 2 bridgehead atoms. The summed E-state index contributed by atoms with van der Waals surface area (Å²) in [5.41, 5.74) is 2.12. The number of methoxy groups -OCH3 is 1. The second-order valence-corrected chi connectivity index (χ2v) is 9.88. The van der Waals surface area contributed by atoms with E-state index < -0.39 is 6.10 Å². The summed E-state index contributed by atoms with van der Waals surface area (Å²) in [7, 11) is 3.58. The summed E-state index contributed by atoms with van der Waals surface area (Å²) < 4.78 is 17.0. The molecule has 178 valence electrons. The predicted molar refractivity (Wildman–Crippen MR) is 121 cm³/mol. The van der Waals surface area contributed by atoms with Gasteiger partial charge in [-0.1, -0.05) is 25.0 Å². The molecule has 0 saturated carbocycles. The molecule has 5 rings (SSSR count). The van der Waals surface area contributed by atoms with E-state index >= 15 is 0 Å². The van der Waals surface area contributed by atoms with E-state index in [2.05, 4.69) is 22.8 Å². The molecule has 4 aliphatic rings. The number of hydrogen-bond donors (Lipinski definition) is 1. The van der Waals surface area contributed by atoms with Gasteiger partial charge in [-0.3, -0.25) is 9.59 Å². The predicted octanol–water partition coefficient (Wildman–Crippen LogP) is 3.26.